The molecule has 0 fully saturated rings. The summed E-state index contributed by atoms with van der Waals surface area (Å²) in [5, 5.41) is 10.1. The fourth-order valence-corrected chi connectivity index (χ4v) is 3.63. The molecular weight excluding hydrogens is 398 g/mol. The van der Waals surface area contributed by atoms with Crippen LogP contribution < -0.4 is 10.6 Å². The van der Waals surface area contributed by atoms with E-state index in [9.17, 15) is 9.59 Å². The minimum atomic E-state index is -0.632. The van der Waals surface area contributed by atoms with Gasteiger partial charge >= 0.3 is 5.97 Å². The number of esters is 1. The van der Waals surface area contributed by atoms with Crippen LogP contribution in [0.25, 0.3) is 10.8 Å². The Morgan fingerprint density at radius 1 is 0.933 bits per heavy atom. The van der Waals surface area contributed by atoms with Crippen molar-refractivity contribution in [1.29, 1.82) is 0 Å². The lowest BCUT2D eigenvalue weighted by Gasteiger charge is -2.09. The van der Waals surface area contributed by atoms with E-state index in [1.807, 2.05) is 72.8 Å². The lowest BCUT2D eigenvalue weighted by Crippen LogP contribution is -2.21. The maximum atomic E-state index is 12.2. The molecule has 0 unspecified atom stereocenters. The van der Waals surface area contributed by atoms with E-state index in [1.165, 1.54) is 11.3 Å². The van der Waals surface area contributed by atoms with Crippen LogP contribution >= 0.6 is 11.3 Å². The van der Waals surface area contributed by atoms with Crippen LogP contribution in [0.4, 0.5) is 10.8 Å². The molecule has 0 saturated carbocycles. The van der Waals surface area contributed by atoms with Gasteiger partial charge in [-0.2, -0.15) is 0 Å². The molecule has 4 rings (SSSR count). The summed E-state index contributed by atoms with van der Waals surface area (Å²) in [5.74, 6) is -1.04. The highest BCUT2D eigenvalue weighted by Crippen LogP contribution is 2.23. The summed E-state index contributed by atoms with van der Waals surface area (Å²) in [6, 6.07) is 23.3. The maximum Gasteiger partial charge on any atom is 0.358 e. The third-order valence-corrected chi connectivity index (χ3v) is 5.20. The molecule has 0 bridgehead atoms. The smallest absolute Gasteiger partial charge is 0.358 e. The summed E-state index contributed by atoms with van der Waals surface area (Å²) in [4.78, 5) is 28.7. The Bertz CT molecular complexity index is 1170. The van der Waals surface area contributed by atoms with Crippen molar-refractivity contribution < 1.29 is 14.3 Å². The normalized spacial score (nSPS) is 10.5. The number of hydrogen-bond donors (Lipinski definition) is 2. The van der Waals surface area contributed by atoms with Gasteiger partial charge in [0.2, 0.25) is 0 Å². The molecule has 0 aliphatic carbocycles. The molecule has 0 aliphatic rings. The maximum absolute atomic E-state index is 12.2. The summed E-state index contributed by atoms with van der Waals surface area (Å²) < 4.78 is 5.12. The number of carbonyl (C=O) groups is 2. The van der Waals surface area contributed by atoms with E-state index in [4.69, 9.17) is 4.74 Å². The Hall–Kier alpha value is -3.71. The Kier molecular flexibility index (Phi) is 6.01. The van der Waals surface area contributed by atoms with Crippen molar-refractivity contribution in [2.24, 2.45) is 0 Å². The first-order valence-electron chi connectivity index (χ1n) is 9.37. The molecule has 4 aromatic rings. The van der Waals surface area contributed by atoms with Crippen molar-refractivity contribution in [1.82, 2.24) is 4.98 Å². The Labute approximate surface area is 177 Å². The van der Waals surface area contributed by atoms with E-state index < -0.39 is 11.9 Å². The summed E-state index contributed by atoms with van der Waals surface area (Å²) >= 11 is 1.31. The van der Waals surface area contributed by atoms with Crippen LogP contribution in [0.5, 0.6) is 0 Å². The zero-order valence-corrected chi connectivity index (χ0v) is 16.8. The average molecular weight is 417 g/mol. The van der Waals surface area contributed by atoms with Crippen molar-refractivity contribution in [3.05, 3.63) is 89.4 Å². The molecule has 0 saturated heterocycles. The molecule has 1 amide bonds. The number of nitrogens with zero attached hydrogens (tertiary/aromatic N) is 1. The standard InChI is InChI=1S/C23H19N3O3S/c27-21(25-19-12-6-10-17-9-4-5-11-18(17)19)14-29-22(28)20-15-30-23(26-20)24-13-16-7-2-1-3-8-16/h1-12,15H,13-14H2,(H,24,26)(H,25,27). The predicted octanol–water partition coefficient (Wildman–Crippen LogP) is 4.70. The number of amides is 1. The van der Waals surface area contributed by atoms with E-state index in [0.717, 1.165) is 16.3 Å². The number of benzene rings is 3. The molecule has 6 nitrogen and oxygen atoms in total. The van der Waals surface area contributed by atoms with Crippen molar-refractivity contribution in [2.45, 2.75) is 6.54 Å². The topological polar surface area (TPSA) is 80.3 Å². The minimum absolute atomic E-state index is 0.175. The quantitative estimate of drug-likeness (QED) is 0.426. The molecule has 150 valence electrons. The average Bonchev–Trinajstić information content (AvgIpc) is 3.26. The van der Waals surface area contributed by atoms with Gasteiger partial charge in [-0.1, -0.05) is 66.7 Å². The first kappa shape index (κ1) is 19.6. The van der Waals surface area contributed by atoms with E-state index in [-0.39, 0.29) is 12.3 Å². The van der Waals surface area contributed by atoms with Gasteiger partial charge in [-0.3, -0.25) is 4.79 Å². The van der Waals surface area contributed by atoms with Crippen molar-refractivity contribution in [2.75, 3.05) is 17.2 Å². The number of rotatable bonds is 7. The monoisotopic (exact) mass is 417 g/mol. The Morgan fingerprint density at radius 3 is 2.57 bits per heavy atom. The van der Waals surface area contributed by atoms with Gasteiger partial charge in [0, 0.05) is 23.0 Å². The highest BCUT2D eigenvalue weighted by molar-refractivity contribution is 7.13. The summed E-state index contributed by atoms with van der Waals surface area (Å²) in [5.41, 5.74) is 1.96. The molecule has 1 aromatic heterocycles. The third kappa shape index (κ3) is 4.82. The number of anilines is 2. The largest absolute Gasteiger partial charge is 0.451 e. The van der Waals surface area contributed by atoms with E-state index in [0.29, 0.717) is 17.4 Å². The summed E-state index contributed by atoms with van der Waals surface area (Å²) in [7, 11) is 0. The van der Waals surface area contributed by atoms with Gasteiger partial charge in [0.25, 0.3) is 5.91 Å². The van der Waals surface area contributed by atoms with Crippen LogP contribution in [0.1, 0.15) is 16.1 Å². The second-order valence-corrected chi connectivity index (χ2v) is 7.39. The second-order valence-electron chi connectivity index (χ2n) is 6.53. The number of ether oxygens (including phenoxy) is 1. The summed E-state index contributed by atoms with van der Waals surface area (Å²) in [6.45, 7) is 0.225. The predicted molar refractivity (Wildman–Crippen MR) is 119 cm³/mol. The molecule has 30 heavy (non-hydrogen) atoms. The number of aromatic nitrogens is 1. The van der Waals surface area contributed by atoms with Crippen LogP contribution in [-0.2, 0) is 16.1 Å². The van der Waals surface area contributed by atoms with Crippen LogP contribution in [0.3, 0.4) is 0 Å². The zero-order chi connectivity index (χ0) is 20.8. The molecular formula is C23H19N3O3S. The Morgan fingerprint density at radius 2 is 1.70 bits per heavy atom. The lowest BCUT2D eigenvalue weighted by atomic mass is 10.1. The molecule has 0 radical (unpaired) electrons. The van der Waals surface area contributed by atoms with E-state index in [1.54, 1.807) is 5.38 Å². The molecule has 1 heterocycles. The van der Waals surface area contributed by atoms with Gasteiger partial charge in [0.1, 0.15) is 0 Å². The third-order valence-electron chi connectivity index (χ3n) is 4.40. The molecule has 0 atom stereocenters. The van der Waals surface area contributed by atoms with E-state index >= 15 is 0 Å². The van der Waals surface area contributed by atoms with Gasteiger partial charge in [0.05, 0.1) is 0 Å². The summed E-state index contributed by atoms with van der Waals surface area (Å²) in [6.07, 6.45) is 0. The van der Waals surface area contributed by atoms with Crippen molar-refractivity contribution in [3.63, 3.8) is 0 Å². The van der Waals surface area contributed by atoms with Gasteiger partial charge in [-0.05, 0) is 17.0 Å². The van der Waals surface area contributed by atoms with Gasteiger partial charge in [-0.25, -0.2) is 9.78 Å². The fourth-order valence-electron chi connectivity index (χ4n) is 2.95. The van der Waals surface area contributed by atoms with Crippen molar-refractivity contribution >= 4 is 44.8 Å². The van der Waals surface area contributed by atoms with Gasteiger partial charge in [-0.15, -0.1) is 11.3 Å². The Balaban J connectivity index is 1.30. The zero-order valence-electron chi connectivity index (χ0n) is 16.0. The number of fused-ring (bicyclic) bond motifs is 1. The number of nitrogens with one attached hydrogen (secondary N) is 2. The lowest BCUT2D eigenvalue weighted by molar-refractivity contribution is -0.119. The van der Waals surface area contributed by atoms with Gasteiger partial charge in [0.15, 0.2) is 17.4 Å². The van der Waals surface area contributed by atoms with E-state index in [2.05, 4.69) is 15.6 Å². The van der Waals surface area contributed by atoms with Gasteiger partial charge < -0.3 is 15.4 Å². The molecule has 7 heteroatoms. The van der Waals surface area contributed by atoms with Crippen LogP contribution in [0.2, 0.25) is 0 Å². The molecule has 0 aliphatic heterocycles. The highest BCUT2D eigenvalue weighted by atomic mass is 32.1. The second kappa shape index (κ2) is 9.19. The first-order valence-corrected chi connectivity index (χ1v) is 10.2. The number of carbonyl (C=O) groups excluding carboxylic acids is 2. The molecule has 2 N–H and O–H groups in total. The van der Waals surface area contributed by atoms with Crippen molar-refractivity contribution in [3.8, 4) is 0 Å². The van der Waals surface area contributed by atoms with Crippen LogP contribution in [0.15, 0.2) is 78.2 Å². The fraction of sp³-hybridized carbons (Fsp3) is 0.0870. The molecule has 0 spiro atoms. The minimum Gasteiger partial charge on any atom is -0.451 e. The van der Waals surface area contributed by atoms with Crippen LogP contribution in [0, 0.1) is 0 Å². The molecule has 3 aromatic carbocycles. The number of thiazole rings is 1. The highest BCUT2D eigenvalue weighted by Gasteiger charge is 2.15. The van der Waals surface area contributed by atoms with Crippen LogP contribution in [-0.4, -0.2) is 23.5 Å². The number of hydrogen-bond acceptors (Lipinski definition) is 6. The first-order chi connectivity index (χ1) is 14.7. The SMILES string of the molecule is O=C(COC(=O)c1csc(NCc2ccccc2)n1)Nc1cccc2ccccc12.